The monoisotopic (exact) mass is 475 g/mol. The van der Waals surface area contributed by atoms with E-state index in [1.807, 2.05) is 32.9 Å². The molecule has 1 aromatic carbocycles. The minimum atomic E-state index is -0.408. The lowest BCUT2D eigenvalue weighted by Crippen LogP contribution is -2.23. The highest BCUT2D eigenvalue weighted by Gasteiger charge is 2.15. The summed E-state index contributed by atoms with van der Waals surface area (Å²) < 4.78 is 5.28. The zero-order valence-corrected chi connectivity index (χ0v) is 19.0. The van der Waals surface area contributed by atoms with Gasteiger partial charge in [-0.15, -0.1) is 24.0 Å². The van der Waals surface area contributed by atoms with Crippen molar-refractivity contribution in [3.63, 3.8) is 0 Å². The molecule has 0 aliphatic carbocycles. The van der Waals surface area contributed by atoms with Gasteiger partial charge in [0.2, 0.25) is 0 Å². The number of aliphatic imine (C=N–C) groups is 1. The first-order valence-corrected chi connectivity index (χ1v) is 9.06. The minimum Gasteiger partial charge on any atom is -0.460 e. The number of rotatable bonds is 8. The van der Waals surface area contributed by atoms with E-state index in [9.17, 15) is 4.79 Å². The molecule has 0 radical (unpaired) electrons. The van der Waals surface area contributed by atoms with Gasteiger partial charge in [-0.3, -0.25) is 9.79 Å². The average molecular weight is 475 g/mol. The van der Waals surface area contributed by atoms with Crippen LogP contribution in [-0.2, 0) is 9.53 Å². The van der Waals surface area contributed by atoms with E-state index in [1.54, 1.807) is 0 Å². The van der Waals surface area contributed by atoms with Gasteiger partial charge in [0.15, 0.2) is 5.96 Å². The van der Waals surface area contributed by atoms with Crippen molar-refractivity contribution < 1.29 is 9.53 Å². The number of anilines is 1. The van der Waals surface area contributed by atoms with E-state index >= 15 is 0 Å². The Balaban J connectivity index is 0.00000625. The van der Waals surface area contributed by atoms with Gasteiger partial charge in [0.1, 0.15) is 5.60 Å². The summed E-state index contributed by atoms with van der Waals surface area (Å²) >= 11 is 0. The van der Waals surface area contributed by atoms with E-state index in [1.165, 1.54) is 5.56 Å². The Labute approximate surface area is 175 Å². The number of carbonyl (C=O) groups is 1. The minimum absolute atomic E-state index is 0. The molecule has 148 valence electrons. The molecular weight excluding hydrogens is 441 g/mol. The van der Waals surface area contributed by atoms with Crippen molar-refractivity contribution in [3.05, 3.63) is 29.8 Å². The number of guanidine groups is 1. The highest BCUT2D eigenvalue weighted by molar-refractivity contribution is 14.0. The second kappa shape index (κ2) is 12.1. The highest BCUT2D eigenvalue weighted by atomic mass is 127. The number of unbranched alkanes of at least 4 members (excludes halogenated alkanes) is 2. The van der Waals surface area contributed by atoms with Gasteiger partial charge in [-0.05, 0) is 57.2 Å². The van der Waals surface area contributed by atoms with Gasteiger partial charge >= 0.3 is 5.97 Å². The molecule has 0 amide bonds. The summed E-state index contributed by atoms with van der Waals surface area (Å²) in [7, 11) is 0. The number of nitrogens with zero attached hydrogens (tertiary/aromatic N) is 1. The molecular formula is C20H34IN3O2. The lowest BCUT2D eigenvalue weighted by atomic mass is 10.0. The molecule has 0 saturated heterocycles. The smallest absolute Gasteiger partial charge is 0.306 e. The molecule has 6 heteroatoms. The van der Waals surface area contributed by atoms with Crippen LogP contribution in [0.3, 0.4) is 0 Å². The Bertz CT molecular complexity index is 581. The molecule has 0 aliphatic rings. The second-order valence-corrected chi connectivity index (χ2v) is 7.57. The SMILES string of the molecule is CC(C)c1cccc(NC(N)=NCCCCCC(=O)OC(C)(C)C)c1.I. The second-order valence-electron chi connectivity index (χ2n) is 7.57. The van der Waals surface area contributed by atoms with Gasteiger partial charge in [0, 0.05) is 18.7 Å². The number of esters is 1. The van der Waals surface area contributed by atoms with Crippen molar-refractivity contribution in [2.45, 2.75) is 71.8 Å². The summed E-state index contributed by atoms with van der Waals surface area (Å²) in [6.45, 7) is 10.6. The highest BCUT2D eigenvalue weighted by Crippen LogP contribution is 2.18. The normalized spacial score (nSPS) is 11.8. The van der Waals surface area contributed by atoms with Crippen LogP contribution in [0, 0.1) is 0 Å². The van der Waals surface area contributed by atoms with Crippen LogP contribution >= 0.6 is 24.0 Å². The first-order valence-electron chi connectivity index (χ1n) is 9.06. The summed E-state index contributed by atoms with van der Waals surface area (Å²) in [5.41, 5.74) is 7.74. The molecule has 0 unspecified atom stereocenters. The Kier molecular flexibility index (Phi) is 11.5. The van der Waals surface area contributed by atoms with Crippen LogP contribution in [0.15, 0.2) is 29.3 Å². The fourth-order valence-corrected chi connectivity index (χ4v) is 2.31. The van der Waals surface area contributed by atoms with E-state index < -0.39 is 5.60 Å². The fraction of sp³-hybridized carbons (Fsp3) is 0.600. The van der Waals surface area contributed by atoms with Crippen molar-refractivity contribution in [1.29, 1.82) is 0 Å². The van der Waals surface area contributed by atoms with Crippen LogP contribution in [0.1, 0.15) is 71.8 Å². The quantitative estimate of drug-likeness (QED) is 0.181. The molecule has 3 N–H and O–H groups in total. The van der Waals surface area contributed by atoms with Crippen LogP contribution in [-0.4, -0.2) is 24.1 Å². The number of benzene rings is 1. The molecule has 26 heavy (non-hydrogen) atoms. The fourth-order valence-electron chi connectivity index (χ4n) is 2.31. The zero-order valence-electron chi connectivity index (χ0n) is 16.7. The largest absolute Gasteiger partial charge is 0.460 e. The molecule has 5 nitrogen and oxygen atoms in total. The third kappa shape index (κ3) is 11.3. The van der Waals surface area contributed by atoms with Crippen LogP contribution in [0.5, 0.6) is 0 Å². The van der Waals surface area contributed by atoms with Gasteiger partial charge < -0.3 is 15.8 Å². The average Bonchev–Trinajstić information content (AvgIpc) is 2.49. The van der Waals surface area contributed by atoms with Crippen molar-refractivity contribution in [2.75, 3.05) is 11.9 Å². The lowest BCUT2D eigenvalue weighted by molar-refractivity contribution is -0.154. The number of nitrogens with two attached hydrogens (primary N) is 1. The molecule has 0 aromatic heterocycles. The van der Waals surface area contributed by atoms with Crippen molar-refractivity contribution in [3.8, 4) is 0 Å². The molecule has 0 spiro atoms. The third-order valence-corrected chi connectivity index (χ3v) is 3.57. The Morgan fingerprint density at radius 1 is 1.23 bits per heavy atom. The predicted octanol–water partition coefficient (Wildman–Crippen LogP) is 5.06. The topological polar surface area (TPSA) is 76.7 Å². The maximum atomic E-state index is 11.6. The molecule has 0 aliphatic heterocycles. The van der Waals surface area contributed by atoms with Gasteiger partial charge in [-0.1, -0.05) is 32.4 Å². The number of hydrogen-bond acceptors (Lipinski definition) is 3. The van der Waals surface area contributed by atoms with E-state index in [-0.39, 0.29) is 29.9 Å². The maximum Gasteiger partial charge on any atom is 0.306 e. The van der Waals surface area contributed by atoms with Gasteiger partial charge in [0.05, 0.1) is 0 Å². The molecule has 1 aromatic rings. The lowest BCUT2D eigenvalue weighted by Gasteiger charge is -2.19. The number of hydrogen-bond donors (Lipinski definition) is 2. The standard InChI is InChI=1S/C20H33N3O2.HI/c1-15(2)16-10-9-11-17(14-16)23-19(21)22-13-8-6-7-12-18(24)25-20(3,4)5;/h9-11,14-15H,6-8,12-13H2,1-5H3,(H3,21,22,23);1H. The van der Waals surface area contributed by atoms with E-state index in [2.05, 4.69) is 36.3 Å². The summed E-state index contributed by atoms with van der Waals surface area (Å²) in [6, 6.07) is 8.19. The molecule has 0 atom stereocenters. The summed E-state index contributed by atoms with van der Waals surface area (Å²) in [6.07, 6.45) is 3.10. The van der Waals surface area contributed by atoms with Gasteiger partial charge in [-0.2, -0.15) is 0 Å². The molecule has 0 heterocycles. The Morgan fingerprint density at radius 3 is 2.54 bits per heavy atom. The summed E-state index contributed by atoms with van der Waals surface area (Å²) in [5, 5.41) is 3.13. The molecule has 0 fully saturated rings. The van der Waals surface area contributed by atoms with Gasteiger partial charge in [0.25, 0.3) is 0 Å². The van der Waals surface area contributed by atoms with E-state index in [4.69, 9.17) is 10.5 Å². The van der Waals surface area contributed by atoms with Crippen molar-refractivity contribution in [1.82, 2.24) is 0 Å². The maximum absolute atomic E-state index is 11.6. The molecule has 1 rings (SSSR count). The Morgan fingerprint density at radius 2 is 1.92 bits per heavy atom. The van der Waals surface area contributed by atoms with Crippen molar-refractivity contribution in [2.24, 2.45) is 10.7 Å². The first-order chi connectivity index (χ1) is 11.7. The van der Waals surface area contributed by atoms with Crippen molar-refractivity contribution >= 4 is 41.6 Å². The molecule has 0 bridgehead atoms. The number of ether oxygens (including phenoxy) is 1. The third-order valence-electron chi connectivity index (χ3n) is 3.57. The number of carbonyl (C=O) groups excluding carboxylic acids is 1. The van der Waals surface area contributed by atoms with Gasteiger partial charge in [-0.25, -0.2) is 0 Å². The van der Waals surface area contributed by atoms with Crippen LogP contribution in [0.25, 0.3) is 0 Å². The zero-order chi connectivity index (χ0) is 18.9. The summed E-state index contributed by atoms with van der Waals surface area (Å²) in [4.78, 5) is 15.9. The number of nitrogens with one attached hydrogen (secondary N) is 1. The van der Waals surface area contributed by atoms with E-state index in [0.29, 0.717) is 24.8 Å². The first kappa shape index (κ1) is 24.7. The van der Waals surface area contributed by atoms with Crippen LogP contribution < -0.4 is 11.1 Å². The van der Waals surface area contributed by atoms with Crippen LogP contribution in [0.2, 0.25) is 0 Å². The predicted molar refractivity (Wildman–Crippen MR) is 120 cm³/mol. The number of halogens is 1. The van der Waals surface area contributed by atoms with Crippen LogP contribution in [0.4, 0.5) is 5.69 Å². The summed E-state index contributed by atoms with van der Waals surface area (Å²) in [5.74, 6) is 0.764. The Hall–Kier alpha value is -1.31. The molecule has 0 saturated carbocycles. The van der Waals surface area contributed by atoms with E-state index in [0.717, 1.165) is 24.9 Å².